The molecule has 1 N–H and O–H groups in total. The molecule has 1 unspecified atom stereocenters. The number of benzene rings is 1. The van der Waals surface area contributed by atoms with E-state index in [1.165, 1.54) is 24.8 Å². The van der Waals surface area contributed by atoms with Gasteiger partial charge in [-0.15, -0.1) is 0 Å². The largest absolute Gasteiger partial charge is 0.493 e. The Morgan fingerprint density at radius 1 is 1.24 bits per heavy atom. The standard InChI is InChI=1S/C13H18BrNO2/c1-16-11-7-6-9(12(14)13(11)17-2)10-5-3-4-8-15-10/h6-7,10,15H,3-5,8H2,1-2H3. The Morgan fingerprint density at radius 3 is 2.65 bits per heavy atom. The summed E-state index contributed by atoms with van der Waals surface area (Å²) in [7, 11) is 3.32. The fraction of sp³-hybridized carbons (Fsp3) is 0.538. The Kier molecular flexibility index (Phi) is 4.29. The molecule has 1 aliphatic rings. The molecule has 1 atom stereocenters. The van der Waals surface area contributed by atoms with Gasteiger partial charge in [0, 0.05) is 6.04 Å². The highest BCUT2D eigenvalue weighted by atomic mass is 79.9. The summed E-state index contributed by atoms with van der Waals surface area (Å²) in [6, 6.07) is 4.49. The van der Waals surface area contributed by atoms with Gasteiger partial charge in [-0.2, -0.15) is 0 Å². The fourth-order valence-corrected chi connectivity index (χ4v) is 3.06. The molecule has 0 aromatic heterocycles. The molecule has 1 aliphatic heterocycles. The van der Waals surface area contributed by atoms with Crippen molar-refractivity contribution in [1.82, 2.24) is 5.32 Å². The molecule has 0 amide bonds. The summed E-state index contributed by atoms with van der Waals surface area (Å²) in [4.78, 5) is 0. The molecule has 1 saturated heterocycles. The van der Waals surface area contributed by atoms with E-state index in [9.17, 15) is 0 Å². The fourth-order valence-electron chi connectivity index (χ4n) is 2.29. The van der Waals surface area contributed by atoms with E-state index < -0.39 is 0 Å². The lowest BCUT2D eigenvalue weighted by Crippen LogP contribution is -2.27. The molecular weight excluding hydrogens is 282 g/mol. The van der Waals surface area contributed by atoms with E-state index in [1.807, 2.05) is 6.07 Å². The van der Waals surface area contributed by atoms with Crippen LogP contribution in [0.5, 0.6) is 11.5 Å². The minimum Gasteiger partial charge on any atom is -0.493 e. The summed E-state index contributed by atoms with van der Waals surface area (Å²) >= 11 is 3.62. The van der Waals surface area contributed by atoms with Gasteiger partial charge in [-0.1, -0.05) is 12.5 Å². The number of piperidine rings is 1. The summed E-state index contributed by atoms with van der Waals surface area (Å²) in [6.07, 6.45) is 3.72. The predicted molar refractivity (Wildman–Crippen MR) is 71.8 cm³/mol. The van der Waals surface area contributed by atoms with Crippen LogP contribution in [0.25, 0.3) is 0 Å². The number of ether oxygens (including phenoxy) is 2. The first-order valence-electron chi connectivity index (χ1n) is 5.91. The molecule has 17 heavy (non-hydrogen) atoms. The van der Waals surface area contributed by atoms with Crippen molar-refractivity contribution in [3.63, 3.8) is 0 Å². The molecule has 1 aromatic rings. The highest BCUT2D eigenvalue weighted by Crippen LogP contribution is 2.41. The van der Waals surface area contributed by atoms with E-state index in [2.05, 4.69) is 27.3 Å². The van der Waals surface area contributed by atoms with Gasteiger partial charge in [0.1, 0.15) is 0 Å². The number of halogens is 1. The van der Waals surface area contributed by atoms with Gasteiger partial charge in [0.25, 0.3) is 0 Å². The van der Waals surface area contributed by atoms with Crippen molar-refractivity contribution < 1.29 is 9.47 Å². The van der Waals surface area contributed by atoms with E-state index in [-0.39, 0.29) is 0 Å². The Bertz CT molecular complexity index is 389. The van der Waals surface area contributed by atoms with Crippen LogP contribution < -0.4 is 14.8 Å². The smallest absolute Gasteiger partial charge is 0.175 e. The SMILES string of the molecule is COc1ccc(C2CCCCN2)c(Br)c1OC. The minimum atomic E-state index is 0.415. The van der Waals surface area contributed by atoms with E-state index in [0.29, 0.717) is 6.04 Å². The summed E-state index contributed by atoms with van der Waals surface area (Å²) in [5, 5.41) is 3.54. The molecule has 1 aromatic carbocycles. The first kappa shape index (κ1) is 12.7. The molecule has 94 valence electrons. The van der Waals surface area contributed by atoms with Gasteiger partial charge in [-0.05, 0) is 46.9 Å². The van der Waals surface area contributed by atoms with Crippen LogP contribution in [0, 0.1) is 0 Å². The van der Waals surface area contributed by atoms with Gasteiger partial charge in [-0.25, -0.2) is 0 Å². The quantitative estimate of drug-likeness (QED) is 0.929. The van der Waals surface area contributed by atoms with Gasteiger partial charge in [0.15, 0.2) is 11.5 Å². The van der Waals surface area contributed by atoms with Crippen LogP contribution in [0.15, 0.2) is 16.6 Å². The zero-order valence-electron chi connectivity index (χ0n) is 10.3. The van der Waals surface area contributed by atoms with Crippen LogP contribution >= 0.6 is 15.9 Å². The Hall–Kier alpha value is -0.740. The van der Waals surface area contributed by atoms with Crippen molar-refractivity contribution in [2.45, 2.75) is 25.3 Å². The number of nitrogens with one attached hydrogen (secondary N) is 1. The molecule has 1 fully saturated rings. The van der Waals surface area contributed by atoms with Gasteiger partial charge < -0.3 is 14.8 Å². The second-order valence-corrected chi connectivity index (χ2v) is 5.00. The van der Waals surface area contributed by atoms with Crippen molar-refractivity contribution >= 4 is 15.9 Å². The Balaban J connectivity index is 2.34. The maximum atomic E-state index is 5.40. The number of hydrogen-bond acceptors (Lipinski definition) is 3. The summed E-state index contributed by atoms with van der Waals surface area (Å²) in [5.41, 5.74) is 1.25. The highest BCUT2D eigenvalue weighted by molar-refractivity contribution is 9.10. The van der Waals surface area contributed by atoms with E-state index in [4.69, 9.17) is 9.47 Å². The minimum absolute atomic E-state index is 0.415. The Labute approximate surface area is 111 Å². The maximum Gasteiger partial charge on any atom is 0.175 e. The molecule has 0 bridgehead atoms. The molecule has 0 spiro atoms. The highest BCUT2D eigenvalue weighted by Gasteiger charge is 2.21. The third-order valence-electron chi connectivity index (χ3n) is 3.20. The zero-order chi connectivity index (χ0) is 12.3. The monoisotopic (exact) mass is 299 g/mol. The van der Waals surface area contributed by atoms with E-state index >= 15 is 0 Å². The predicted octanol–water partition coefficient (Wildman–Crippen LogP) is 3.28. The number of rotatable bonds is 3. The normalized spacial score (nSPS) is 20.1. The molecular formula is C13H18BrNO2. The summed E-state index contributed by atoms with van der Waals surface area (Å²) in [5.74, 6) is 1.54. The van der Waals surface area contributed by atoms with Crippen molar-refractivity contribution in [2.75, 3.05) is 20.8 Å². The van der Waals surface area contributed by atoms with Gasteiger partial charge >= 0.3 is 0 Å². The number of hydrogen-bond donors (Lipinski definition) is 1. The third-order valence-corrected chi connectivity index (χ3v) is 4.02. The van der Waals surface area contributed by atoms with Crippen molar-refractivity contribution in [1.29, 1.82) is 0 Å². The van der Waals surface area contributed by atoms with Crippen molar-refractivity contribution in [2.24, 2.45) is 0 Å². The molecule has 2 rings (SSSR count). The average molecular weight is 300 g/mol. The number of methoxy groups -OCH3 is 2. The van der Waals surface area contributed by atoms with Crippen LogP contribution in [0.3, 0.4) is 0 Å². The van der Waals surface area contributed by atoms with Crippen molar-refractivity contribution in [3.05, 3.63) is 22.2 Å². The molecule has 3 nitrogen and oxygen atoms in total. The summed E-state index contributed by atoms with van der Waals surface area (Å²) < 4.78 is 11.7. The first-order chi connectivity index (χ1) is 8.27. The van der Waals surface area contributed by atoms with Gasteiger partial charge in [0.2, 0.25) is 0 Å². The maximum absolute atomic E-state index is 5.40. The van der Waals surface area contributed by atoms with Crippen molar-refractivity contribution in [3.8, 4) is 11.5 Å². The second kappa shape index (κ2) is 5.74. The van der Waals surface area contributed by atoms with Crippen LogP contribution in [0.4, 0.5) is 0 Å². The lowest BCUT2D eigenvalue weighted by Gasteiger charge is -2.25. The van der Waals surface area contributed by atoms with Crippen LogP contribution in [-0.4, -0.2) is 20.8 Å². The zero-order valence-corrected chi connectivity index (χ0v) is 11.8. The lowest BCUT2D eigenvalue weighted by molar-refractivity contribution is 0.349. The third kappa shape index (κ3) is 2.58. The second-order valence-electron chi connectivity index (χ2n) is 4.21. The molecule has 0 saturated carbocycles. The molecule has 1 heterocycles. The van der Waals surface area contributed by atoms with E-state index in [1.54, 1.807) is 14.2 Å². The molecule has 0 radical (unpaired) electrons. The Morgan fingerprint density at radius 2 is 2.06 bits per heavy atom. The lowest BCUT2D eigenvalue weighted by atomic mass is 9.97. The molecule has 4 heteroatoms. The van der Waals surface area contributed by atoms with E-state index in [0.717, 1.165) is 22.5 Å². The van der Waals surface area contributed by atoms with Crippen LogP contribution in [0.1, 0.15) is 30.9 Å². The summed E-state index contributed by atoms with van der Waals surface area (Å²) in [6.45, 7) is 1.09. The van der Waals surface area contributed by atoms with Crippen LogP contribution in [0.2, 0.25) is 0 Å². The van der Waals surface area contributed by atoms with Gasteiger partial charge in [0.05, 0.1) is 18.7 Å². The van der Waals surface area contributed by atoms with Crippen LogP contribution in [-0.2, 0) is 0 Å². The average Bonchev–Trinajstić information content (AvgIpc) is 2.39. The first-order valence-corrected chi connectivity index (χ1v) is 6.71. The topological polar surface area (TPSA) is 30.5 Å². The molecule has 0 aliphatic carbocycles. The van der Waals surface area contributed by atoms with Gasteiger partial charge in [-0.3, -0.25) is 0 Å².